The van der Waals surface area contributed by atoms with Crippen LogP contribution in [0.1, 0.15) is 10.4 Å². The van der Waals surface area contributed by atoms with Gasteiger partial charge in [0, 0.05) is 30.8 Å². The number of nitrogens with zero attached hydrogens (tertiary/aromatic N) is 1. The molecule has 1 saturated heterocycles. The number of nitrogens with one attached hydrogen (secondary N) is 1. The molecule has 1 N–H and O–H groups in total. The second-order valence-electron chi connectivity index (χ2n) is 3.11. The van der Waals surface area contributed by atoms with E-state index in [1.165, 1.54) is 12.3 Å². The number of rotatable bonds is 2. The first kappa shape index (κ1) is 8.31. The lowest BCUT2D eigenvalue weighted by molar-refractivity contribution is 0.0877. The number of aromatic nitrogens is 1. The molecule has 1 fully saturated rings. The molecule has 0 aliphatic carbocycles. The van der Waals surface area contributed by atoms with E-state index in [9.17, 15) is 9.18 Å². The minimum Gasteiger partial charge on any atom is -0.315 e. The summed E-state index contributed by atoms with van der Waals surface area (Å²) in [7, 11) is 0. The Morgan fingerprint density at radius 1 is 1.54 bits per heavy atom. The second kappa shape index (κ2) is 3.22. The molecule has 0 atom stereocenters. The Labute approximate surface area is 75.0 Å². The first-order valence-electron chi connectivity index (χ1n) is 4.13. The Morgan fingerprint density at radius 2 is 2.31 bits per heavy atom. The summed E-state index contributed by atoms with van der Waals surface area (Å²) in [5, 5.41) is 2.99. The van der Waals surface area contributed by atoms with E-state index in [1.54, 1.807) is 0 Å². The Morgan fingerprint density at radius 3 is 2.85 bits per heavy atom. The molecule has 0 unspecified atom stereocenters. The molecule has 1 aromatic heterocycles. The fourth-order valence-corrected chi connectivity index (χ4v) is 1.26. The number of ketones is 1. The van der Waals surface area contributed by atoms with Crippen LogP contribution in [-0.4, -0.2) is 23.9 Å². The van der Waals surface area contributed by atoms with Gasteiger partial charge in [-0.15, -0.1) is 0 Å². The number of pyridine rings is 1. The maximum atomic E-state index is 12.7. The van der Waals surface area contributed by atoms with E-state index >= 15 is 0 Å². The van der Waals surface area contributed by atoms with Gasteiger partial charge in [-0.05, 0) is 6.07 Å². The lowest BCUT2D eigenvalue weighted by atomic mass is 9.94. The molecule has 2 rings (SSSR count). The van der Waals surface area contributed by atoms with Crippen molar-refractivity contribution < 1.29 is 9.18 Å². The van der Waals surface area contributed by atoms with Crippen LogP contribution in [-0.2, 0) is 0 Å². The molecule has 0 saturated carbocycles. The maximum Gasteiger partial charge on any atom is 0.170 e. The van der Waals surface area contributed by atoms with Crippen molar-refractivity contribution in [2.24, 2.45) is 5.92 Å². The lowest BCUT2D eigenvalue weighted by Crippen LogP contribution is -2.46. The highest BCUT2D eigenvalue weighted by molar-refractivity contribution is 5.98. The predicted octanol–water partition coefficient (Wildman–Crippen LogP) is 0.623. The monoisotopic (exact) mass is 180 g/mol. The SMILES string of the molecule is O=C(c1cncc(F)c1)C1CNC1. The van der Waals surface area contributed by atoms with E-state index in [1.807, 2.05) is 0 Å². The third-order valence-electron chi connectivity index (χ3n) is 2.14. The number of hydrogen-bond acceptors (Lipinski definition) is 3. The topological polar surface area (TPSA) is 42.0 Å². The number of Topliss-reactive ketones (excluding diaryl/α,β-unsaturated/α-hetero) is 1. The molecule has 1 aromatic rings. The summed E-state index contributed by atoms with van der Waals surface area (Å²) < 4.78 is 12.7. The standard InChI is InChI=1S/C9H9FN2O/c10-8-1-6(2-12-5-8)9(13)7-3-11-4-7/h1-2,5,7,11H,3-4H2. The van der Waals surface area contributed by atoms with Crippen molar-refractivity contribution in [3.05, 3.63) is 29.8 Å². The van der Waals surface area contributed by atoms with Gasteiger partial charge < -0.3 is 5.32 Å². The van der Waals surface area contributed by atoms with Crippen molar-refractivity contribution in [3.63, 3.8) is 0 Å². The molecule has 4 heteroatoms. The average Bonchev–Trinajstić information content (AvgIpc) is 2.01. The van der Waals surface area contributed by atoms with Crippen LogP contribution in [0.15, 0.2) is 18.5 Å². The van der Waals surface area contributed by atoms with E-state index in [4.69, 9.17) is 0 Å². The lowest BCUT2D eigenvalue weighted by Gasteiger charge is -2.25. The van der Waals surface area contributed by atoms with Crippen LogP contribution < -0.4 is 5.32 Å². The first-order valence-corrected chi connectivity index (χ1v) is 4.13. The largest absolute Gasteiger partial charge is 0.315 e. The van der Waals surface area contributed by atoms with Gasteiger partial charge in [-0.3, -0.25) is 9.78 Å². The van der Waals surface area contributed by atoms with E-state index in [-0.39, 0.29) is 11.7 Å². The molecule has 13 heavy (non-hydrogen) atoms. The van der Waals surface area contributed by atoms with Crippen LogP contribution in [0.4, 0.5) is 4.39 Å². The summed E-state index contributed by atoms with van der Waals surface area (Å²) in [4.78, 5) is 15.2. The Hall–Kier alpha value is -1.29. The third kappa shape index (κ3) is 1.58. The van der Waals surface area contributed by atoms with Crippen LogP contribution in [0.5, 0.6) is 0 Å². The summed E-state index contributed by atoms with van der Waals surface area (Å²) in [5.74, 6) is -0.479. The van der Waals surface area contributed by atoms with Crippen LogP contribution in [0, 0.1) is 11.7 Å². The summed E-state index contributed by atoms with van der Waals surface area (Å²) >= 11 is 0. The van der Waals surface area contributed by atoms with Gasteiger partial charge in [0.2, 0.25) is 0 Å². The quantitative estimate of drug-likeness (QED) is 0.678. The Bertz CT molecular complexity index is 336. The summed E-state index contributed by atoms with van der Waals surface area (Å²) in [6.07, 6.45) is 2.50. The summed E-state index contributed by atoms with van der Waals surface area (Å²) in [6, 6.07) is 1.23. The van der Waals surface area contributed by atoms with E-state index in [2.05, 4.69) is 10.3 Å². The molecule has 68 valence electrons. The molecular weight excluding hydrogens is 171 g/mol. The van der Waals surface area contributed by atoms with Gasteiger partial charge >= 0.3 is 0 Å². The zero-order chi connectivity index (χ0) is 9.26. The van der Waals surface area contributed by atoms with Crippen molar-refractivity contribution in [2.45, 2.75) is 0 Å². The van der Waals surface area contributed by atoms with Gasteiger partial charge in [0.25, 0.3) is 0 Å². The van der Waals surface area contributed by atoms with Crippen LogP contribution in [0.2, 0.25) is 0 Å². The van der Waals surface area contributed by atoms with Crippen molar-refractivity contribution in [1.82, 2.24) is 10.3 Å². The van der Waals surface area contributed by atoms with Crippen LogP contribution in [0.25, 0.3) is 0 Å². The third-order valence-corrected chi connectivity index (χ3v) is 2.14. The first-order chi connectivity index (χ1) is 6.27. The summed E-state index contributed by atoms with van der Waals surface area (Å²) in [6.45, 7) is 1.38. The molecule has 1 aliphatic rings. The van der Waals surface area contributed by atoms with E-state index < -0.39 is 5.82 Å². The minimum absolute atomic E-state index is 0.00333. The van der Waals surface area contributed by atoms with Crippen molar-refractivity contribution in [1.29, 1.82) is 0 Å². The smallest absolute Gasteiger partial charge is 0.170 e. The number of hydrogen-bond donors (Lipinski definition) is 1. The molecule has 0 amide bonds. The fourth-order valence-electron chi connectivity index (χ4n) is 1.26. The molecule has 0 radical (unpaired) electrons. The fraction of sp³-hybridized carbons (Fsp3) is 0.333. The molecule has 0 aromatic carbocycles. The van der Waals surface area contributed by atoms with Crippen LogP contribution >= 0.6 is 0 Å². The van der Waals surface area contributed by atoms with Crippen molar-refractivity contribution in [2.75, 3.05) is 13.1 Å². The zero-order valence-corrected chi connectivity index (χ0v) is 6.96. The number of halogens is 1. The molecule has 2 heterocycles. The van der Waals surface area contributed by atoms with E-state index in [0.717, 1.165) is 6.20 Å². The second-order valence-corrected chi connectivity index (χ2v) is 3.11. The Balaban J connectivity index is 2.19. The van der Waals surface area contributed by atoms with Gasteiger partial charge in [0.1, 0.15) is 5.82 Å². The predicted molar refractivity (Wildman–Crippen MR) is 44.9 cm³/mol. The highest BCUT2D eigenvalue weighted by Crippen LogP contribution is 2.12. The maximum absolute atomic E-state index is 12.7. The zero-order valence-electron chi connectivity index (χ0n) is 6.96. The normalized spacial score (nSPS) is 16.7. The molecule has 0 bridgehead atoms. The van der Waals surface area contributed by atoms with Crippen molar-refractivity contribution in [3.8, 4) is 0 Å². The molecular formula is C9H9FN2O. The van der Waals surface area contributed by atoms with E-state index in [0.29, 0.717) is 18.7 Å². The van der Waals surface area contributed by atoms with Gasteiger partial charge in [-0.25, -0.2) is 4.39 Å². The molecule has 3 nitrogen and oxygen atoms in total. The van der Waals surface area contributed by atoms with Gasteiger partial charge in [-0.1, -0.05) is 0 Å². The number of carbonyl (C=O) groups is 1. The molecule has 1 aliphatic heterocycles. The average molecular weight is 180 g/mol. The minimum atomic E-state index is -0.460. The van der Waals surface area contributed by atoms with Gasteiger partial charge in [-0.2, -0.15) is 0 Å². The summed E-state index contributed by atoms with van der Waals surface area (Å²) in [5.41, 5.74) is 0.367. The van der Waals surface area contributed by atoms with Crippen LogP contribution in [0.3, 0.4) is 0 Å². The van der Waals surface area contributed by atoms with Gasteiger partial charge in [0.15, 0.2) is 5.78 Å². The Kier molecular flexibility index (Phi) is 2.06. The highest BCUT2D eigenvalue weighted by atomic mass is 19.1. The number of carbonyl (C=O) groups excluding carboxylic acids is 1. The highest BCUT2D eigenvalue weighted by Gasteiger charge is 2.26. The van der Waals surface area contributed by atoms with Crippen molar-refractivity contribution >= 4 is 5.78 Å². The molecule has 0 spiro atoms. The van der Waals surface area contributed by atoms with Gasteiger partial charge in [0.05, 0.1) is 6.20 Å².